The molecule has 0 amide bonds. The predicted molar refractivity (Wildman–Crippen MR) is 79.2 cm³/mol. The first-order valence-corrected chi connectivity index (χ1v) is 6.94. The van der Waals surface area contributed by atoms with E-state index in [2.05, 4.69) is 4.98 Å². The Morgan fingerprint density at radius 3 is 2.80 bits per heavy atom. The molecule has 0 spiro atoms. The highest BCUT2D eigenvalue weighted by molar-refractivity contribution is 7.12. The van der Waals surface area contributed by atoms with Crippen molar-refractivity contribution < 1.29 is 14.3 Å². The molecule has 0 saturated heterocycles. The molecule has 0 saturated carbocycles. The summed E-state index contributed by atoms with van der Waals surface area (Å²) in [6.45, 7) is 0. The molecule has 2 heterocycles. The molecule has 5 heteroatoms. The number of methoxy groups -OCH3 is 2. The van der Waals surface area contributed by atoms with E-state index < -0.39 is 0 Å². The van der Waals surface area contributed by atoms with Gasteiger partial charge in [-0.25, -0.2) is 0 Å². The Morgan fingerprint density at radius 2 is 2.10 bits per heavy atom. The molecule has 0 fully saturated rings. The number of thiophene rings is 1. The summed E-state index contributed by atoms with van der Waals surface area (Å²) in [6.07, 6.45) is 1.72. The van der Waals surface area contributed by atoms with Crippen LogP contribution in [0.15, 0.2) is 35.8 Å². The van der Waals surface area contributed by atoms with Crippen LogP contribution in [0.25, 0.3) is 10.9 Å². The molecule has 102 valence electrons. The second-order valence-corrected chi connectivity index (χ2v) is 5.18. The van der Waals surface area contributed by atoms with Crippen LogP contribution in [0.3, 0.4) is 0 Å². The van der Waals surface area contributed by atoms with Gasteiger partial charge in [-0.05, 0) is 12.1 Å². The zero-order valence-corrected chi connectivity index (χ0v) is 11.9. The van der Waals surface area contributed by atoms with E-state index in [0.29, 0.717) is 21.9 Å². The normalized spacial score (nSPS) is 10.7. The van der Waals surface area contributed by atoms with E-state index in [-0.39, 0.29) is 5.78 Å². The van der Waals surface area contributed by atoms with Gasteiger partial charge in [-0.3, -0.25) is 4.79 Å². The number of benzene rings is 1. The number of rotatable bonds is 4. The van der Waals surface area contributed by atoms with E-state index in [1.807, 2.05) is 23.6 Å². The van der Waals surface area contributed by atoms with Gasteiger partial charge in [-0.1, -0.05) is 6.07 Å². The van der Waals surface area contributed by atoms with Gasteiger partial charge in [-0.2, -0.15) is 0 Å². The van der Waals surface area contributed by atoms with Crippen molar-refractivity contribution in [2.45, 2.75) is 0 Å². The summed E-state index contributed by atoms with van der Waals surface area (Å²) in [4.78, 5) is 16.4. The van der Waals surface area contributed by atoms with Crippen molar-refractivity contribution >= 4 is 28.0 Å². The van der Waals surface area contributed by atoms with Crippen LogP contribution in [0.1, 0.15) is 15.2 Å². The smallest absolute Gasteiger partial charge is 0.205 e. The molecule has 0 aliphatic heterocycles. The zero-order valence-electron chi connectivity index (χ0n) is 11.1. The number of hydrogen-bond donors (Lipinski definition) is 1. The van der Waals surface area contributed by atoms with Crippen LogP contribution in [0.4, 0.5) is 0 Å². The molecule has 0 aliphatic carbocycles. The second kappa shape index (κ2) is 5.02. The summed E-state index contributed by atoms with van der Waals surface area (Å²) in [5.41, 5.74) is 1.50. The number of H-pyrrole nitrogens is 1. The molecule has 1 N–H and O–H groups in total. The van der Waals surface area contributed by atoms with Crippen molar-refractivity contribution in [1.82, 2.24) is 4.98 Å². The minimum atomic E-state index is -0.0333. The zero-order chi connectivity index (χ0) is 14.1. The molecule has 0 bridgehead atoms. The first-order chi connectivity index (χ1) is 9.74. The number of ketones is 1. The Labute approximate surface area is 120 Å². The third-order valence-electron chi connectivity index (χ3n) is 3.17. The summed E-state index contributed by atoms with van der Waals surface area (Å²) in [5, 5.41) is 2.63. The SMILES string of the molecule is COc1csc(C(=O)c2c[nH]c3cccc(OC)c23)c1. The monoisotopic (exact) mass is 287 g/mol. The Morgan fingerprint density at radius 1 is 1.25 bits per heavy atom. The third-order valence-corrected chi connectivity index (χ3v) is 4.07. The van der Waals surface area contributed by atoms with Crippen molar-refractivity contribution in [1.29, 1.82) is 0 Å². The van der Waals surface area contributed by atoms with Crippen LogP contribution in [0.2, 0.25) is 0 Å². The summed E-state index contributed by atoms with van der Waals surface area (Å²) < 4.78 is 10.5. The highest BCUT2D eigenvalue weighted by atomic mass is 32.1. The fraction of sp³-hybridized carbons (Fsp3) is 0.133. The molecule has 0 radical (unpaired) electrons. The topological polar surface area (TPSA) is 51.3 Å². The number of carbonyl (C=O) groups is 1. The quantitative estimate of drug-likeness (QED) is 0.747. The van der Waals surface area contributed by atoms with E-state index >= 15 is 0 Å². The Bertz CT molecular complexity index is 772. The standard InChI is InChI=1S/C15H13NO3S/c1-18-9-6-13(20-8-9)15(17)10-7-16-11-4-3-5-12(19-2)14(10)11/h3-8,16H,1-2H3. The number of fused-ring (bicyclic) bond motifs is 1. The highest BCUT2D eigenvalue weighted by Crippen LogP contribution is 2.32. The van der Waals surface area contributed by atoms with Crippen LogP contribution >= 0.6 is 11.3 Å². The molecule has 0 unspecified atom stereocenters. The molecule has 3 rings (SSSR count). The largest absolute Gasteiger partial charge is 0.496 e. The van der Waals surface area contributed by atoms with Crippen LogP contribution < -0.4 is 9.47 Å². The lowest BCUT2D eigenvalue weighted by Crippen LogP contribution is -1.98. The lowest BCUT2D eigenvalue weighted by molar-refractivity contribution is 0.104. The van der Waals surface area contributed by atoms with Gasteiger partial charge >= 0.3 is 0 Å². The minimum absolute atomic E-state index is 0.0333. The first kappa shape index (κ1) is 12.7. The fourth-order valence-electron chi connectivity index (χ4n) is 2.18. The van der Waals surface area contributed by atoms with E-state index in [1.54, 1.807) is 26.5 Å². The number of carbonyl (C=O) groups excluding carboxylic acids is 1. The molecule has 0 atom stereocenters. The van der Waals surface area contributed by atoms with Gasteiger partial charge < -0.3 is 14.5 Å². The van der Waals surface area contributed by atoms with Crippen LogP contribution in [0.5, 0.6) is 11.5 Å². The minimum Gasteiger partial charge on any atom is -0.496 e. The highest BCUT2D eigenvalue weighted by Gasteiger charge is 2.18. The number of hydrogen-bond acceptors (Lipinski definition) is 4. The van der Waals surface area contributed by atoms with Crippen LogP contribution in [-0.2, 0) is 0 Å². The molecule has 1 aromatic carbocycles. The van der Waals surface area contributed by atoms with Gasteiger partial charge in [0.1, 0.15) is 11.5 Å². The summed E-state index contributed by atoms with van der Waals surface area (Å²) in [6, 6.07) is 7.41. The molecular weight excluding hydrogens is 274 g/mol. The molecule has 4 nitrogen and oxygen atoms in total. The summed E-state index contributed by atoms with van der Waals surface area (Å²) in [7, 11) is 3.19. The van der Waals surface area contributed by atoms with E-state index in [0.717, 1.165) is 10.9 Å². The van der Waals surface area contributed by atoms with Gasteiger partial charge in [0.05, 0.1) is 30.0 Å². The third kappa shape index (κ3) is 1.96. The lowest BCUT2D eigenvalue weighted by atomic mass is 10.1. The lowest BCUT2D eigenvalue weighted by Gasteiger charge is -2.03. The van der Waals surface area contributed by atoms with E-state index in [9.17, 15) is 4.79 Å². The van der Waals surface area contributed by atoms with Crippen molar-refractivity contribution in [2.24, 2.45) is 0 Å². The summed E-state index contributed by atoms with van der Waals surface area (Å²) >= 11 is 1.37. The number of aromatic nitrogens is 1. The molecular formula is C15H13NO3S. The Balaban J connectivity index is 2.12. The first-order valence-electron chi connectivity index (χ1n) is 6.06. The average Bonchev–Trinajstić information content (AvgIpc) is 3.12. The van der Waals surface area contributed by atoms with Gasteiger partial charge in [-0.15, -0.1) is 11.3 Å². The van der Waals surface area contributed by atoms with Crippen LogP contribution in [0, 0.1) is 0 Å². The van der Waals surface area contributed by atoms with Crippen molar-refractivity contribution in [3.63, 3.8) is 0 Å². The van der Waals surface area contributed by atoms with E-state index in [4.69, 9.17) is 9.47 Å². The molecule has 3 aromatic rings. The predicted octanol–water partition coefficient (Wildman–Crippen LogP) is 3.48. The van der Waals surface area contributed by atoms with Crippen molar-refractivity contribution in [2.75, 3.05) is 14.2 Å². The van der Waals surface area contributed by atoms with Gasteiger partial charge in [0, 0.05) is 23.2 Å². The average molecular weight is 287 g/mol. The summed E-state index contributed by atoms with van der Waals surface area (Å²) in [5.74, 6) is 1.36. The maximum absolute atomic E-state index is 12.6. The number of aromatic amines is 1. The second-order valence-electron chi connectivity index (χ2n) is 4.27. The molecule has 20 heavy (non-hydrogen) atoms. The number of nitrogens with one attached hydrogen (secondary N) is 1. The molecule has 2 aromatic heterocycles. The maximum Gasteiger partial charge on any atom is 0.205 e. The Hall–Kier alpha value is -2.27. The van der Waals surface area contributed by atoms with Gasteiger partial charge in [0.2, 0.25) is 5.78 Å². The van der Waals surface area contributed by atoms with E-state index in [1.165, 1.54) is 11.3 Å². The molecule has 0 aliphatic rings. The Kier molecular flexibility index (Phi) is 3.20. The van der Waals surface area contributed by atoms with Gasteiger partial charge in [0.15, 0.2) is 0 Å². The van der Waals surface area contributed by atoms with Gasteiger partial charge in [0.25, 0.3) is 0 Å². The number of ether oxygens (including phenoxy) is 2. The van der Waals surface area contributed by atoms with Crippen molar-refractivity contribution in [3.05, 3.63) is 46.3 Å². The maximum atomic E-state index is 12.6. The van der Waals surface area contributed by atoms with Crippen molar-refractivity contribution in [3.8, 4) is 11.5 Å². The van der Waals surface area contributed by atoms with Crippen LogP contribution in [-0.4, -0.2) is 25.0 Å². The fourth-order valence-corrected chi connectivity index (χ4v) is 2.99.